The number of nitriles is 1. The van der Waals surface area contributed by atoms with Gasteiger partial charge in [0.2, 0.25) is 0 Å². The van der Waals surface area contributed by atoms with Crippen molar-refractivity contribution in [1.82, 2.24) is 5.32 Å². The first-order chi connectivity index (χ1) is 12.4. The van der Waals surface area contributed by atoms with Crippen molar-refractivity contribution in [3.05, 3.63) is 24.3 Å². The third-order valence-electron chi connectivity index (χ3n) is 3.40. The second-order valence-electron chi connectivity index (χ2n) is 5.46. The summed E-state index contributed by atoms with van der Waals surface area (Å²) in [7, 11) is 2.51. The van der Waals surface area contributed by atoms with Crippen LogP contribution in [0.4, 0.5) is 4.79 Å². The summed E-state index contributed by atoms with van der Waals surface area (Å²) < 4.78 is 9.41. The van der Waals surface area contributed by atoms with Crippen molar-refractivity contribution in [1.29, 1.82) is 5.26 Å². The van der Waals surface area contributed by atoms with Crippen molar-refractivity contribution in [2.45, 2.75) is 45.6 Å². The number of hydrogen-bond acceptors (Lipinski definition) is 6. The molecule has 7 heteroatoms. The summed E-state index contributed by atoms with van der Waals surface area (Å²) in [5, 5.41) is 11.3. The van der Waals surface area contributed by atoms with E-state index in [-0.39, 0.29) is 12.3 Å². The molecule has 2 unspecified atom stereocenters. The summed E-state index contributed by atoms with van der Waals surface area (Å²) in [6.07, 6.45) is 10.6. The molecule has 6 nitrogen and oxygen atoms in total. The van der Waals surface area contributed by atoms with Gasteiger partial charge in [0.15, 0.2) is 0 Å². The van der Waals surface area contributed by atoms with Crippen molar-refractivity contribution in [3.8, 4) is 6.07 Å². The Morgan fingerprint density at radius 2 is 1.96 bits per heavy atom. The highest BCUT2D eigenvalue weighted by Crippen LogP contribution is 2.21. The van der Waals surface area contributed by atoms with E-state index < -0.39 is 17.6 Å². The van der Waals surface area contributed by atoms with Crippen LogP contribution in [0.5, 0.6) is 0 Å². The smallest absolute Gasteiger partial charge is 0.407 e. The first-order valence-electron chi connectivity index (χ1n) is 8.48. The molecule has 0 aliphatic rings. The maximum Gasteiger partial charge on any atom is 0.407 e. The van der Waals surface area contributed by atoms with Crippen molar-refractivity contribution < 1.29 is 19.1 Å². The normalized spacial score (nSPS) is 13.9. The SMILES string of the molecule is C/C=C\CC.COC(=O)NC(C/C=C/C(C)C#N)(CCSC)C(=O)OC. The van der Waals surface area contributed by atoms with Gasteiger partial charge in [-0.15, -0.1) is 0 Å². The Balaban J connectivity index is 0. The number of amides is 1. The summed E-state index contributed by atoms with van der Waals surface area (Å²) in [5.74, 6) is -0.129. The lowest BCUT2D eigenvalue weighted by molar-refractivity contribution is -0.148. The zero-order valence-corrected chi connectivity index (χ0v) is 17.5. The highest BCUT2D eigenvalue weighted by atomic mass is 32.2. The number of thioether (sulfide) groups is 1. The van der Waals surface area contributed by atoms with Crippen LogP contribution in [0, 0.1) is 17.2 Å². The molecule has 0 saturated carbocycles. The fraction of sp³-hybridized carbons (Fsp3) is 0.632. The van der Waals surface area contributed by atoms with Crippen LogP contribution >= 0.6 is 11.8 Å². The Morgan fingerprint density at radius 3 is 2.35 bits per heavy atom. The zero-order valence-electron chi connectivity index (χ0n) is 16.7. The fourth-order valence-electron chi connectivity index (χ4n) is 1.92. The molecule has 0 spiro atoms. The molecule has 1 N–H and O–H groups in total. The molecule has 26 heavy (non-hydrogen) atoms. The Bertz CT molecular complexity index is 500. The highest BCUT2D eigenvalue weighted by Gasteiger charge is 2.40. The number of alkyl carbamates (subject to hydrolysis) is 1. The van der Waals surface area contributed by atoms with E-state index in [9.17, 15) is 9.59 Å². The van der Waals surface area contributed by atoms with Crippen LogP contribution in [0.3, 0.4) is 0 Å². The molecule has 2 atom stereocenters. The highest BCUT2D eigenvalue weighted by molar-refractivity contribution is 7.98. The van der Waals surface area contributed by atoms with Gasteiger partial charge in [-0.3, -0.25) is 0 Å². The minimum absolute atomic E-state index is 0.237. The molecule has 0 aliphatic carbocycles. The third-order valence-corrected chi connectivity index (χ3v) is 4.01. The van der Waals surface area contributed by atoms with Crippen LogP contribution in [0.15, 0.2) is 24.3 Å². The molecule has 0 saturated heterocycles. The molecule has 0 fully saturated rings. The number of hydrogen-bond donors (Lipinski definition) is 1. The molecule has 0 rings (SSSR count). The van der Waals surface area contributed by atoms with E-state index in [0.717, 1.165) is 6.42 Å². The molecule has 0 bridgehead atoms. The summed E-state index contributed by atoms with van der Waals surface area (Å²) in [6.45, 7) is 5.90. The second-order valence-corrected chi connectivity index (χ2v) is 6.45. The number of esters is 1. The average Bonchev–Trinajstić information content (AvgIpc) is 2.65. The maximum absolute atomic E-state index is 12.1. The van der Waals surface area contributed by atoms with Gasteiger partial charge >= 0.3 is 12.1 Å². The Hall–Kier alpha value is -1.94. The fourth-order valence-corrected chi connectivity index (χ4v) is 2.47. The minimum atomic E-state index is -1.18. The number of nitrogens with zero attached hydrogens (tertiary/aromatic N) is 1. The Labute approximate surface area is 162 Å². The summed E-state index contributed by atoms with van der Waals surface area (Å²) in [4.78, 5) is 23.7. The van der Waals surface area contributed by atoms with Gasteiger partial charge in [0.1, 0.15) is 5.54 Å². The number of carbonyl (C=O) groups is 2. The monoisotopic (exact) mass is 384 g/mol. The first kappa shape index (κ1) is 26.3. The van der Waals surface area contributed by atoms with Gasteiger partial charge in [-0.05, 0) is 45.1 Å². The molecule has 0 aromatic heterocycles. The standard InChI is InChI=1S/C14H22N2O4S.C5H10/c1-11(10-15)6-5-7-14(8-9-21-4,12(17)19-2)16-13(18)20-3;1-3-5-4-2/h5-6,11H,7-9H2,1-4H3,(H,16,18);3,5H,4H2,1-2H3/b6-5+;5-3-. The molecular weight excluding hydrogens is 352 g/mol. The van der Waals surface area contributed by atoms with Crippen molar-refractivity contribution in [2.24, 2.45) is 5.92 Å². The molecule has 0 heterocycles. The molecule has 0 aromatic carbocycles. The number of carbonyl (C=O) groups excluding carboxylic acids is 2. The van der Waals surface area contributed by atoms with Crippen LogP contribution in [0.2, 0.25) is 0 Å². The van der Waals surface area contributed by atoms with Gasteiger partial charge in [0, 0.05) is 0 Å². The van der Waals surface area contributed by atoms with E-state index in [0.29, 0.717) is 12.2 Å². The lowest BCUT2D eigenvalue weighted by Crippen LogP contribution is -2.55. The lowest BCUT2D eigenvalue weighted by Gasteiger charge is -2.30. The van der Waals surface area contributed by atoms with E-state index in [1.807, 2.05) is 13.2 Å². The van der Waals surface area contributed by atoms with Gasteiger partial charge in [0.25, 0.3) is 0 Å². The molecule has 0 radical (unpaired) electrons. The minimum Gasteiger partial charge on any atom is -0.467 e. The van der Waals surface area contributed by atoms with Gasteiger partial charge in [-0.2, -0.15) is 17.0 Å². The number of rotatable bonds is 9. The van der Waals surface area contributed by atoms with Gasteiger partial charge in [-0.1, -0.05) is 31.2 Å². The van der Waals surface area contributed by atoms with E-state index in [1.54, 1.807) is 30.8 Å². The second kappa shape index (κ2) is 16.5. The van der Waals surface area contributed by atoms with Crippen LogP contribution < -0.4 is 5.32 Å². The quantitative estimate of drug-likeness (QED) is 0.476. The van der Waals surface area contributed by atoms with Crippen LogP contribution in [0.25, 0.3) is 0 Å². The molecule has 0 aliphatic heterocycles. The van der Waals surface area contributed by atoms with E-state index in [2.05, 4.69) is 35.2 Å². The van der Waals surface area contributed by atoms with Gasteiger partial charge < -0.3 is 14.8 Å². The molecule has 148 valence electrons. The van der Waals surface area contributed by atoms with Crippen LogP contribution in [0.1, 0.15) is 40.0 Å². The first-order valence-corrected chi connectivity index (χ1v) is 9.87. The lowest BCUT2D eigenvalue weighted by atomic mass is 9.91. The topological polar surface area (TPSA) is 88.4 Å². The number of allylic oxidation sites excluding steroid dienone is 3. The van der Waals surface area contributed by atoms with E-state index >= 15 is 0 Å². The van der Waals surface area contributed by atoms with Crippen molar-refractivity contribution in [3.63, 3.8) is 0 Å². The molecule has 0 aromatic rings. The number of nitrogens with one attached hydrogen (secondary N) is 1. The summed E-state index contributed by atoms with van der Waals surface area (Å²) in [6, 6.07) is 2.07. The predicted molar refractivity (Wildman–Crippen MR) is 107 cm³/mol. The van der Waals surface area contributed by atoms with Gasteiger partial charge in [-0.25, -0.2) is 9.59 Å². The van der Waals surface area contributed by atoms with E-state index in [4.69, 9.17) is 10.00 Å². The summed E-state index contributed by atoms with van der Waals surface area (Å²) in [5.41, 5.74) is -1.18. The van der Waals surface area contributed by atoms with Crippen molar-refractivity contribution >= 4 is 23.8 Å². The maximum atomic E-state index is 12.1. The molecular formula is C19H32N2O4S. The van der Waals surface area contributed by atoms with Crippen molar-refractivity contribution in [2.75, 3.05) is 26.2 Å². The number of methoxy groups -OCH3 is 2. The number of ether oxygens (including phenoxy) is 2. The Morgan fingerprint density at radius 1 is 1.31 bits per heavy atom. The largest absolute Gasteiger partial charge is 0.467 e. The van der Waals surface area contributed by atoms with E-state index in [1.165, 1.54) is 14.2 Å². The zero-order chi connectivity index (χ0) is 20.4. The molecule has 1 amide bonds. The third kappa shape index (κ3) is 11.6. The predicted octanol–water partition coefficient (Wildman–Crippen LogP) is 4.09. The van der Waals surface area contributed by atoms with Crippen LogP contribution in [-0.2, 0) is 14.3 Å². The van der Waals surface area contributed by atoms with Gasteiger partial charge in [0.05, 0.1) is 26.2 Å². The average molecular weight is 385 g/mol. The Kier molecular flexibility index (Phi) is 16.7. The summed E-state index contributed by atoms with van der Waals surface area (Å²) >= 11 is 1.56. The van der Waals surface area contributed by atoms with Crippen LogP contribution in [-0.4, -0.2) is 43.8 Å².